The first-order chi connectivity index (χ1) is 9.31. The van der Waals surface area contributed by atoms with Crippen LogP contribution in [-0.2, 0) is 6.42 Å². The summed E-state index contributed by atoms with van der Waals surface area (Å²) in [6.07, 6.45) is 10.1. The summed E-state index contributed by atoms with van der Waals surface area (Å²) in [4.78, 5) is 4.45. The highest BCUT2D eigenvalue weighted by Gasteiger charge is 2.33. The molecule has 5 heteroatoms. The van der Waals surface area contributed by atoms with Gasteiger partial charge in [-0.05, 0) is 30.9 Å². The molecule has 0 radical (unpaired) electrons. The van der Waals surface area contributed by atoms with Crippen LogP contribution in [0, 0.1) is 5.41 Å². The van der Waals surface area contributed by atoms with Crippen LogP contribution < -0.4 is 5.73 Å². The van der Waals surface area contributed by atoms with E-state index < -0.39 is 0 Å². The average molecular weight is 261 g/mol. The van der Waals surface area contributed by atoms with Crippen LogP contribution in [0.1, 0.15) is 38.0 Å². The van der Waals surface area contributed by atoms with Crippen molar-refractivity contribution in [3.05, 3.63) is 24.5 Å². The maximum Gasteiger partial charge on any atom is 0.227 e. The lowest BCUT2D eigenvalue weighted by atomic mass is 9.72. The first-order valence-electron chi connectivity index (χ1n) is 6.87. The molecular weight excluding hydrogens is 242 g/mol. The number of aromatic nitrogens is 2. The molecule has 2 aromatic heterocycles. The highest BCUT2D eigenvalue weighted by atomic mass is 16.5. The second kappa shape index (κ2) is 5.17. The van der Waals surface area contributed by atoms with E-state index in [4.69, 9.17) is 14.7 Å². The monoisotopic (exact) mass is 261 g/mol. The fourth-order valence-electron chi connectivity index (χ4n) is 2.91. The summed E-state index contributed by atoms with van der Waals surface area (Å²) >= 11 is 0. The minimum absolute atomic E-state index is 0.151. The molecule has 19 heavy (non-hydrogen) atoms. The van der Waals surface area contributed by atoms with E-state index in [-0.39, 0.29) is 5.41 Å². The largest absolute Gasteiger partial charge is 0.472 e. The van der Waals surface area contributed by atoms with E-state index in [1.807, 2.05) is 6.07 Å². The fraction of sp³-hybridized carbons (Fsp3) is 0.571. The van der Waals surface area contributed by atoms with Crippen LogP contribution in [0.3, 0.4) is 0 Å². The molecule has 2 N–H and O–H groups in total. The lowest BCUT2D eigenvalue weighted by Crippen LogP contribution is -2.35. The van der Waals surface area contributed by atoms with Crippen molar-refractivity contribution < 1.29 is 8.94 Å². The van der Waals surface area contributed by atoms with Gasteiger partial charge in [0.15, 0.2) is 0 Å². The van der Waals surface area contributed by atoms with E-state index in [2.05, 4.69) is 10.1 Å². The molecular formula is C14H19N3O2. The fourth-order valence-corrected chi connectivity index (χ4v) is 2.91. The lowest BCUT2D eigenvalue weighted by Gasteiger charge is -2.34. The van der Waals surface area contributed by atoms with Crippen molar-refractivity contribution in [3.63, 3.8) is 0 Å². The molecule has 1 aliphatic carbocycles. The quantitative estimate of drug-likeness (QED) is 0.915. The predicted octanol–water partition coefficient (Wildman–Crippen LogP) is 2.78. The summed E-state index contributed by atoms with van der Waals surface area (Å²) in [7, 11) is 0. The van der Waals surface area contributed by atoms with Gasteiger partial charge < -0.3 is 14.7 Å². The molecule has 5 nitrogen and oxygen atoms in total. The van der Waals surface area contributed by atoms with Gasteiger partial charge in [-0.15, -0.1) is 0 Å². The van der Waals surface area contributed by atoms with Crippen LogP contribution in [0.4, 0.5) is 0 Å². The number of hydrogen-bond donors (Lipinski definition) is 1. The molecule has 1 saturated carbocycles. The Morgan fingerprint density at radius 3 is 2.79 bits per heavy atom. The van der Waals surface area contributed by atoms with Crippen molar-refractivity contribution in [2.45, 2.75) is 38.5 Å². The van der Waals surface area contributed by atoms with Crippen LogP contribution >= 0.6 is 0 Å². The highest BCUT2D eigenvalue weighted by molar-refractivity contribution is 5.51. The summed E-state index contributed by atoms with van der Waals surface area (Å²) in [6, 6.07) is 1.83. The van der Waals surface area contributed by atoms with Crippen molar-refractivity contribution in [2.75, 3.05) is 6.54 Å². The van der Waals surface area contributed by atoms with Gasteiger partial charge in [0, 0.05) is 6.42 Å². The molecule has 3 rings (SSSR count). The summed E-state index contributed by atoms with van der Waals surface area (Å²) < 4.78 is 10.4. The number of hydrogen-bond acceptors (Lipinski definition) is 5. The number of nitrogens with two attached hydrogens (primary N) is 1. The molecule has 0 unspecified atom stereocenters. The van der Waals surface area contributed by atoms with Gasteiger partial charge >= 0.3 is 0 Å². The molecule has 0 amide bonds. The molecule has 2 aromatic rings. The average Bonchev–Trinajstić information content (AvgIpc) is 3.10. The smallest absolute Gasteiger partial charge is 0.227 e. The van der Waals surface area contributed by atoms with E-state index in [0.29, 0.717) is 18.3 Å². The minimum Gasteiger partial charge on any atom is -0.472 e. The third-order valence-corrected chi connectivity index (χ3v) is 4.12. The first-order valence-corrected chi connectivity index (χ1v) is 6.87. The van der Waals surface area contributed by atoms with Gasteiger partial charge in [0.05, 0.1) is 11.8 Å². The summed E-state index contributed by atoms with van der Waals surface area (Å²) in [5, 5.41) is 4.00. The van der Waals surface area contributed by atoms with E-state index in [9.17, 15) is 0 Å². The minimum atomic E-state index is 0.151. The van der Waals surface area contributed by atoms with Crippen LogP contribution in [0.25, 0.3) is 11.4 Å². The van der Waals surface area contributed by atoms with E-state index in [0.717, 1.165) is 24.8 Å². The lowest BCUT2D eigenvalue weighted by molar-refractivity contribution is 0.177. The van der Waals surface area contributed by atoms with E-state index >= 15 is 0 Å². The topological polar surface area (TPSA) is 78.1 Å². The van der Waals surface area contributed by atoms with Crippen LogP contribution in [-0.4, -0.2) is 16.7 Å². The molecule has 0 aromatic carbocycles. The Labute approximate surface area is 112 Å². The third kappa shape index (κ3) is 2.56. The van der Waals surface area contributed by atoms with Crippen LogP contribution in [0.5, 0.6) is 0 Å². The standard InChI is InChI=1S/C14H19N3O2/c15-10-14(5-2-1-3-6-14)8-12-16-13(17-19-12)11-4-7-18-9-11/h4,7,9H,1-3,5-6,8,10,15H2. The van der Waals surface area contributed by atoms with Gasteiger partial charge in [-0.2, -0.15) is 4.98 Å². The molecule has 0 spiro atoms. The second-order valence-corrected chi connectivity index (χ2v) is 5.47. The molecule has 2 heterocycles. The SMILES string of the molecule is NCC1(Cc2nc(-c3ccoc3)no2)CCCCC1. The molecule has 1 aliphatic rings. The van der Waals surface area contributed by atoms with Crippen molar-refractivity contribution in [3.8, 4) is 11.4 Å². The third-order valence-electron chi connectivity index (χ3n) is 4.12. The molecule has 1 fully saturated rings. The van der Waals surface area contributed by atoms with Gasteiger partial charge in [-0.1, -0.05) is 24.4 Å². The maximum atomic E-state index is 5.98. The van der Waals surface area contributed by atoms with Crippen LogP contribution in [0.2, 0.25) is 0 Å². The van der Waals surface area contributed by atoms with E-state index in [1.165, 1.54) is 19.3 Å². The summed E-state index contributed by atoms with van der Waals surface area (Å²) in [6.45, 7) is 0.691. The molecule has 102 valence electrons. The second-order valence-electron chi connectivity index (χ2n) is 5.47. The van der Waals surface area contributed by atoms with Crippen molar-refractivity contribution in [1.29, 1.82) is 0 Å². The Hall–Kier alpha value is -1.62. The zero-order valence-corrected chi connectivity index (χ0v) is 11.0. The Morgan fingerprint density at radius 1 is 1.26 bits per heavy atom. The Balaban J connectivity index is 1.76. The number of rotatable bonds is 4. The molecule has 0 atom stereocenters. The highest BCUT2D eigenvalue weighted by Crippen LogP contribution is 2.38. The summed E-state index contributed by atoms with van der Waals surface area (Å²) in [5.74, 6) is 1.27. The Morgan fingerprint density at radius 2 is 2.11 bits per heavy atom. The normalized spacial score (nSPS) is 18.6. The van der Waals surface area contributed by atoms with Gasteiger partial charge in [-0.3, -0.25) is 0 Å². The van der Waals surface area contributed by atoms with Crippen molar-refractivity contribution >= 4 is 0 Å². The van der Waals surface area contributed by atoms with E-state index in [1.54, 1.807) is 12.5 Å². The van der Waals surface area contributed by atoms with Crippen molar-refractivity contribution in [1.82, 2.24) is 10.1 Å². The summed E-state index contributed by atoms with van der Waals surface area (Å²) in [5.41, 5.74) is 6.98. The first kappa shape index (κ1) is 12.4. The van der Waals surface area contributed by atoms with Crippen molar-refractivity contribution in [2.24, 2.45) is 11.1 Å². The van der Waals surface area contributed by atoms with Gasteiger partial charge in [0.2, 0.25) is 11.7 Å². The van der Waals surface area contributed by atoms with Gasteiger partial charge in [0.25, 0.3) is 0 Å². The zero-order chi connectivity index (χ0) is 13.1. The zero-order valence-electron chi connectivity index (χ0n) is 11.0. The van der Waals surface area contributed by atoms with Gasteiger partial charge in [-0.25, -0.2) is 0 Å². The maximum absolute atomic E-state index is 5.98. The predicted molar refractivity (Wildman–Crippen MR) is 70.3 cm³/mol. The van der Waals surface area contributed by atoms with Crippen LogP contribution in [0.15, 0.2) is 27.5 Å². The number of nitrogens with zero attached hydrogens (tertiary/aromatic N) is 2. The Bertz CT molecular complexity index is 513. The molecule has 0 saturated heterocycles. The molecule has 0 bridgehead atoms. The number of furan rings is 1. The molecule has 0 aliphatic heterocycles. The van der Waals surface area contributed by atoms with Gasteiger partial charge in [0.1, 0.15) is 6.26 Å². The Kier molecular flexibility index (Phi) is 3.38.